The average Bonchev–Trinajstić information content (AvgIpc) is 3.25. The van der Waals surface area contributed by atoms with Crippen molar-refractivity contribution in [2.75, 3.05) is 18.9 Å². The molecule has 1 heterocycles. The van der Waals surface area contributed by atoms with Crippen molar-refractivity contribution in [2.45, 2.75) is 12.6 Å². The lowest BCUT2D eigenvalue weighted by Crippen LogP contribution is -2.30. The van der Waals surface area contributed by atoms with Crippen molar-refractivity contribution in [3.63, 3.8) is 0 Å². The molecule has 2 amide bonds. The number of hydrogen-bond acceptors (Lipinski definition) is 3. The van der Waals surface area contributed by atoms with E-state index in [1.165, 1.54) is 17.0 Å². The molecule has 2 N–H and O–H groups in total. The smallest absolute Gasteiger partial charge is 0.349 e. The van der Waals surface area contributed by atoms with Gasteiger partial charge in [-0.2, -0.15) is 13.2 Å². The molecule has 0 saturated carbocycles. The van der Waals surface area contributed by atoms with Crippen LogP contribution in [0.25, 0.3) is 0 Å². The molecule has 30 heavy (non-hydrogen) atoms. The zero-order valence-corrected chi connectivity index (χ0v) is 16.0. The fraction of sp³-hybridized carbons (Fsp3) is 0.190. The van der Waals surface area contributed by atoms with Gasteiger partial charge in [-0.3, -0.25) is 9.59 Å². The number of hydrogen-bond donors (Lipinski definition) is 2. The minimum absolute atomic E-state index is 0.154. The Hall–Kier alpha value is -3.62. The van der Waals surface area contributed by atoms with Gasteiger partial charge in [0.2, 0.25) is 0 Å². The Morgan fingerprint density at radius 3 is 2.60 bits per heavy atom. The summed E-state index contributed by atoms with van der Waals surface area (Å²) in [7, 11) is 1.62. The van der Waals surface area contributed by atoms with Crippen LogP contribution in [0.4, 0.5) is 18.9 Å². The number of likely N-dealkylation sites (N-methyl/N-ethyl adjacent to an activating group) is 1. The lowest BCUT2D eigenvalue weighted by atomic mass is 10.1. The number of para-hydroxylation sites is 1. The first-order valence-electron chi connectivity index (χ1n) is 9.07. The summed E-state index contributed by atoms with van der Waals surface area (Å²) in [4.78, 5) is 33.9. The number of halogens is 3. The molecule has 3 aromatic rings. The zero-order valence-electron chi connectivity index (χ0n) is 16.0. The average molecular weight is 416 g/mol. The zero-order chi connectivity index (χ0) is 21.7. The van der Waals surface area contributed by atoms with Gasteiger partial charge in [-0.15, -0.1) is 0 Å². The summed E-state index contributed by atoms with van der Waals surface area (Å²) in [5, 5.41) is 2.54. The van der Waals surface area contributed by atoms with Gasteiger partial charge in [0.1, 0.15) is 5.82 Å². The molecule has 9 heteroatoms. The summed E-state index contributed by atoms with van der Waals surface area (Å²) in [6, 6.07) is 10.5. The van der Waals surface area contributed by atoms with Gasteiger partial charge in [-0.05, 0) is 30.3 Å². The van der Waals surface area contributed by atoms with Gasteiger partial charge in [0.15, 0.2) is 0 Å². The van der Waals surface area contributed by atoms with Crippen LogP contribution in [0.1, 0.15) is 32.1 Å². The first kappa shape index (κ1) is 21.1. The molecule has 0 aliphatic rings. The van der Waals surface area contributed by atoms with E-state index in [0.29, 0.717) is 13.0 Å². The van der Waals surface area contributed by atoms with E-state index in [4.69, 9.17) is 0 Å². The highest BCUT2D eigenvalue weighted by atomic mass is 19.4. The number of nitrogens with zero attached hydrogens (tertiary/aromatic N) is 2. The topological polar surface area (TPSA) is 78.1 Å². The maximum Gasteiger partial charge on any atom is 0.416 e. The van der Waals surface area contributed by atoms with Crippen molar-refractivity contribution in [1.82, 2.24) is 14.9 Å². The monoisotopic (exact) mass is 416 g/mol. The number of alkyl halides is 3. The van der Waals surface area contributed by atoms with Gasteiger partial charge < -0.3 is 15.2 Å². The van der Waals surface area contributed by atoms with Crippen molar-refractivity contribution in [1.29, 1.82) is 0 Å². The van der Waals surface area contributed by atoms with Crippen LogP contribution in [0, 0.1) is 0 Å². The van der Waals surface area contributed by atoms with Crippen LogP contribution in [-0.4, -0.2) is 40.3 Å². The molecule has 0 aliphatic carbocycles. The van der Waals surface area contributed by atoms with Crippen LogP contribution < -0.4 is 5.32 Å². The number of anilines is 1. The fourth-order valence-corrected chi connectivity index (χ4v) is 2.83. The molecule has 0 aliphatic heterocycles. The molecule has 156 valence electrons. The van der Waals surface area contributed by atoms with Crippen LogP contribution in [0.2, 0.25) is 0 Å². The first-order chi connectivity index (χ1) is 14.3. The number of amides is 2. The van der Waals surface area contributed by atoms with Gasteiger partial charge in [0.05, 0.1) is 16.8 Å². The number of H-pyrrole nitrogens is 1. The van der Waals surface area contributed by atoms with Crippen LogP contribution in [0.3, 0.4) is 0 Å². The highest BCUT2D eigenvalue weighted by Gasteiger charge is 2.31. The number of aromatic amines is 1. The van der Waals surface area contributed by atoms with Gasteiger partial charge in [-0.25, -0.2) is 4.98 Å². The van der Waals surface area contributed by atoms with Crippen LogP contribution in [0.5, 0.6) is 0 Å². The van der Waals surface area contributed by atoms with E-state index in [0.717, 1.165) is 24.0 Å². The van der Waals surface area contributed by atoms with Gasteiger partial charge in [-0.1, -0.05) is 18.2 Å². The van der Waals surface area contributed by atoms with Crippen molar-refractivity contribution >= 4 is 17.5 Å². The van der Waals surface area contributed by atoms with Gasteiger partial charge in [0.25, 0.3) is 11.8 Å². The van der Waals surface area contributed by atoms with Gasteiger partial charge >= 0.3 is 6.18 Å². The van der Waals surface area contributed by atoms with Crippen LogP contribution in [0.15, 0.2) is 60.9 Å². The number of aromatic nitrogens is 2. The molecule has 3 rings (SSSR count). The molecule has 0 saturated heterocycles. The molecule has 0 bridgehead atoms. The maximum atomic E-state index is 12.9. The minimum atomic E-state index is -4.55. The summed E-state index contributed by atoms with van der Waals surface area (Å²) in [6.45, 7) is 0.391. The number of carbonyl (C=O) groups is 2. The summed E-state index contributed by atoms with van der Waals surface area (Å²) >= 11 is 0. The molecular formula is C21H19F3N4O2. The summed E-state index contributed by atoms with van der Waals surface area (Å²) in [5.41, 5.74) is -0.620. The molecule has 0 fully saturated rings. The van der Waals surface area contributed by atoms with Crippen LogP contribution >= 0.6 is 0 Å². The Bertz CT molecular complexity index is 1030. The van der Waals surface area contributed by atoms with E-state index in [-0.39, 0.29) is 22.7 Å². The largest absolute Gasteiger partial charge is 0.416 e. The van der Waals surface area contributed by atoms with E-state index in [1.807, 2.05) is 0 Å². The van der Waals surface area contributed by atoms with E-state index in [2.05, 4.69) is 15.3 Å². The van der Waals surface area contributed by atoms with Crippen molar-refractivity contribution in [2.24, 2.45) is 0 Å². The minimum Gasteiger partial charge on any atom is -0.349 e. The molecule has 0 radical (unpaired) electrons. The maximum absolute atomic E-state index is 12.9. The number of rotatable bonds is 6. The Morgan fingerprint density at radius 1 is 1.13 bits per heavy atom. The number of carbonyl (C=O) groups excluding carboxylic acids is 2. The lowest BCUT2D eigenvalue weighted by molar-refractivity contribution is -0.137. The third-order valence-corrected chi connectivity index (χ3v) is 4.44. The Morgan fingerprint density at radius 2 is 1.90 bits per heavy atom. The van der Waals surface area contributed by atoms with Crippen molar-refractivity contribution in [3.8, 4) is 0 Å². The van der Waals surface area contributed by atoms with Crippen molar-refractivity contribution in [3.05, 3.63) is 83.4 Å². The van der Waals surface area contributed by atoms with E-state index < -0.39 is 17.6 Å². The third-order valence-electron chi connectivity index (χ3n) is 4.44. The number of benzene rings is 2. The summed E-state index contributed by atoms with van der Waals surface area (Å²) < 4.78 is 38.7. The number of nitrogens with one attached hydrogen (secondary N) is 2. The second kappa shape index (κ2) is 8.81. The standard InChI is InChI=1S/C21H19F3N4O2/c1-28(12-9-18-25-10-11-26-18)20(30)16-7-2-3-8-17(16)27-19(29)14-5-4-6-15(13-14)21(22,23)24/h2-8,10-11,13H,9,12H2,1H3,(H,25,26)(H,27,29). The first-order valence-corrected chi connectivity index (χ1v) is 9.07. The lowest BCUT2D eigenvalue weighted by Gasteiger charge is -2.19. The molecule has 0 unspecified atom stereocenters. The Labute approximate surface area is 170 Å². The number of imidazole rings is 1. The van der Waals surface area contributed by atoms with E-state index >= 15 is 0 Å². The molecule has 2 aromatic carbocycles. The SMILES string of the molecule is CN(CCc1ncc[nH]1)C(=O)c1ccccc1NC(=O)c1cccc(C(F)(F)F)c1. The Balaban J connectivity index is 1.75. The summed E-state index contributed by atoms with van der Waals surface area (Å²) in [5.74, 6) is -0.332. The van der Waals surface area contributed by atoms with Crippen molar-refractivity contribution < 1.29 is 22.8 Å². The molecular weight excluding hydrogens is 397 g/mol. The van der Waals surface area contributed by atoms with E-state index in [9.17, 15) is 22.8 Å². The molecule has 0 atom stereocenters. The molecule has 1 aromatic heterocycles. The van der Waals surface area contributed by atoms with E-state index in [1.54, 1.807) is 37.6 Å². The predicted octanol–water partition coefficient (Wildman–Crippen LogP) is 4.00. The normalized spacial score (nSPS) is 11.2. The molecule has 6 nitrogen and oxygen atoms in total. The second-order valence-electron chi connectivity index (χ2n) is 6.59. The summed E-state index contributed by atoms with van der Waals surface area (Å²) in [6.07, 6.45) is -0.722. The quantitative estimate of drug-likeness (QED) is 0.638. The van der Waals surface area contributed by atoms with Gasteiger partial charge in [0, 0.05) is 38.0 Å². The second-order valence-corrected chi connectivity index (χ2v) is 6.59. The third kappa shape index (κ3) is 5.05. The highest BCUT2D eigenvalue weighted by Crippen LogP contribution is 2.29. The predicted molar refractivity (Wildman–Crippen MR) is 105 cm³/mol. The highest BCUT2D eigenvalue weighted by molar-refractivity contribution is 6.09. The van der Waals surface area contributed by atoms with Crippen LogP contribution in [-0.2, 0) is 12.6 Å². The fourth-order valence-electron chi connectivity index (χ4n) is 2.83. The Kier molecular flexibility index (Phi) is 6.20. The molecule has 0 spiro atoms.